The Morgan fingerprint density at radius 3 is 2.33 bits per heavy atom. The van der Waals surface area contributed by atoms with Gasteiger partial charge in [0.05, 0.1) is 0 Å². The van der Waals surface area contributed by atoms with E-state index in [1.165, 1.54) is 13.3 Å². The third-order valence-electron chi connectivity index (χ3n) is 4.16. The SMILES string of the molecule is CC(=O)c1cccc(NC(=O)c2cc(Nc3c(C)cccc3C)ncn2)c1. The van der Waals surface area contributed by atoms with Crippen molar-refractivity contribution in [3.63, 3.8) is 0 Å². The number of benzene rings is 2. The minimum absolute atomic E-state index is 0.0618. The summed E-state index contributed by atoms with van der Waals surface area (Å²) in [5.74, 6) is 0.0981. The predicted octanol–water partition coefficient (Wildman–Crippen LogP) is 4.29. The number of carbonyl (C=O) groups is 2. The van der Waals surface area contributed by atoms with Crippen LogP contribution in [0.2, 0.25) is 0 Å². The van der Waals surface area contributed by atoms with Crippen LogP contribution in [0.15, 0.2) is 54.9 Å². The fraction of sp³-hybridized carbons (Fsp3) is 0.143. The van der Waals surface area contributed by atoms with Gasteiger partial charge in [0.1, 0.15) is 17.8 Å². The molecular weight excluding hydrogens is 340 g/mol. The Balaban J connectivity index is 1.80. The summed E-state index contributed by atoms with van der Waals surface area (Å²) in [5, 5.41) is 6.01. The number of amides is 1. The normalized spacial score (nSPS) is 10.3. The number of aryl methyl sites for hydroxylation is 2. The van der Waals surface area contributed by atoms with Crippen LogP contribution in [-0.4, -0.2) is 21.7 Å². The van der Waals surface area contributed by atoms with Gasteiger partial charge in [0, 0.05) is 23.0 Å². The van der Waals surface area contributed by atoms with Crippen LogP contribution in [0.3, 0.4) is 0 Å². The number of carbonyl (C=O) groups excluding carboxylic acids is 2. The van der Waals surface area contributed by atoms with E-state index in [1.54, 1.807) is 30.3 Å². The molecule has 1 amide bonds. The second-order valence-electron chi connectivity index (χ2n) is 6.27. The number of nitrogens with one attached hydrogen (secondary N) is 2. The quantitative estimate of drug-likeness (QED) is 0.663. The Labute approximate surface area is 157 Å². The van der Waals surface area contributed by atoms with E-state index >= 15 is 0 Å². The lowest BCUT2D eigenvalue weighted by Gasteiger charge is -2.12. The lowest BCUT2D eigenvalue weighted by molar-refractivity contribution is 0.100. The molecule has 1 aromatic heterocycles. The van der Waals surface area contributed by atoms with Gasteiger partial charge >= 0.3 is 0 Å². The number of nitrogens with zero attached hydrogens (tertiary/aromatic N) is 2. The lowest BCUT2D eigenvalue weighted by atomic mass is 10.1. The molecule has 0 fully saturated rings. The molecule has 0 bridgehead atoms. The summed E-state index contributed by atoms with van der Waals surface area (Å²) in [4.78, 5) is 32.3. The molecule has 0 spiro atoms. The number of aromatic nitrogens is 2. The van der Waals surface area contributed by atoms with Crippen molar-refractivity contribution in [2.75, 3.05) is 10.6 Å². The van der Waals surface area contributed by atoms with Crippen LogP contribution in [0.1, 0.15) is 38.9 Å². The second kappa shape index (κ2) is 7.78. The van der Waals surface area contributed by atoms with Crippen molar-refractivity contribution in [2.24, 2.45) is 0 Å². The third-order valence-corrected chi connectivity index (χ3v) is 4.16. The van der Waals surface area contributed by atoms with E-state index in [2.05, 4.69) is 20.6 Å². The van der Waals surface area contributed by atoms with E-state index in [-0.39, 0.29) is 17.4 Å². The van der Waals surface area contributed by atoms with Gasteiger partial charge in [0.25, 0.3) is 5.91 Å². The maximum Gasteiger partial charge on any atom is 0.274 e. The average molecular weight is 360 g/mol. The second-order valence-corrected chi connectivity index (χ2v) is 6.27. The fourth-order valence-corrected chi connectivity index (χ4v) is 2.70. The molecule has 0 aliphatic heterocycles. The minimum Gasteiger partial charge on any atom is -0.340 e. The first-order valence-electron chi connectivity index (χ1n) is 8.51. The largest absolute Gasteiger partial charge is 0.340 e. The molecule has 0 saturated heterocycles. The summed E-state index contributed by atoms with van der Waals surface area (Å²) in [6.07, 6.45) is 1.34. The van der Waals surface area contributed by atoms with Gasteiger partial charge in [-0.1, -0.05) is 30.3 Å². The van der Waals surface area contributed by atoms with Crippen molar-refractivity contribution in [3.8, 4) is 0 Å². The summed E-state index contributed by atoms with van der Waals surface area (Å²) < 4.78 is 0. The Hall–Kier alpha value is -3.54. The highest BCUT2D eigenvalue weighted by atomic mass is 16.2. The zero-order chi connectivity index (χ0) is 19.4. The van der Waals surface area contributed by atoms with Gasteiger partial charge < -0.3 is 10.6 Å². The van der Waals surface area contributed by atoms with E-state index in [1.807, 2.05) is 32.0 Å². The molecule has 2 aromatic carbocycles. The van der Waals surface area contributed by atoms with Crippen LogP contribution in [0.4, 0.5) is 17.2 Å². The van der Waals surface area contributed by atoms with Crippen LogP contribution in [-0.2, 0) is 0 Å². The van der Waals surface area contributed by atoms with E-state index in [4.69, 9.17) is 0 Å². The molecule has 27 heavy (non-hydrogen) atoms. The zero-order valence-electron chi connectivity index (χ0n) is 15.4. The molecule has 3 rings (SSSR count). The molecule has 136 valence electrons. The smallest absolute Gasteiger partial charge is 0.274 e. The summed E-state index contributed by atoms with van der Waals surface area (Å²) in [5.41, 5.74) is 4.42. The number of ketones is 1. The number of hydrogen-bond donors (Lipinski definition) is 2. The third kappa shape index (κ3) is 4.36. The first kappa shape index (κ1) is 18.3. The maximum atomic E-state index is 12.5. The van der Waals surface area contributed by atoms with Gasteiger partial charge in [-0.2, -0.15) is 0 Å². The van der Waals surface area contributed by atoms with E-state index in [9.17, 15) is 9.59 Å². The zero-order valence-corrected chi connectivity index (χ0v) is 15.4. The Morgan fingerprint density at radius 2 is 1.63 bits per heavy atom. The molecule has 6 heteroatoms. The predicted molar refractivity (Wildman–Crippen MR) is 106 cm³/mol. The maximum absolute atomic E-state index is 12.5. The molecule has 2 N–H and O–H groups in total. The van der Waals surface area contributed by atoms with E-state index in [0.717, 1.165) is 16.8 Å². The topological polar surface area (TPSA) is 84.0 Å². The van der Waals surface area contributed by atoms with Crippen LogP contribution < -0.4 is 10.6 Å². The number of para-hydroxylation sites is 1. The van der Waals surface area contributed by atoms with Gasteiger partial charge in [-0.3, -0.25) is 9.59 Å². The fourth-order valence-electron chi connectivity index (χ4n) is 2.70. The Kier molecular flexibility index (Phi) is 5.26. The highest BCUT2D eigenvalue weighted by Crippen LogP contribution is 2.23. The van der Waals surface area contributed by atoms with Gasteiger partial charge in [-0.05, 0) is 44.0 Å². The molecule has 1 heterocycles. The van der Waals surface area contributed by atoms with Crippen molar-refractivity contribution in [3.05, 3.63) is 77.2 Å². The van der Waals surface area contributed by atoms with Gasteiger partial charge in [0.15, 0.2) is 5.78 Å². The number of hydrogen-bond acceptors (Lipinski definition) is 5. The molecule has 0 aliphatic carbocycles. The van der Waals surface area contributed by atoms with Gasteiger partial charge in [0.2, 0.25) is 0 Å². The van der Waals surface area contributed by atoms with Gasteiger partial charge in [-0.15, -0.1) is 0 Å². The van der Waals surface area contributed by atoms with Crippen LogP contribution in [0.5, 0.6) is 0 Å². The van der Waals surface area contributed by atoms with Crippen molar-refractivity contribution < 1.29 is 9.59 Å². The Morgan fingerprint density at radius 1 is 0.926 bits per heavy atom. The van der Waals surface area contributed by atoms with E-state index in [0.29, 0.717) is 17.1 Å². The number of anilines is 3. The highest BCUT2D eigenvalue weighted by molar-refractivity contribution is 6.04. The number of rotatable bonds is 5. The van der Waals surface area contributed by atoms with Crippen molar-refractivity contribution in [2.45, 2.75) is 20.8 Å². The molecule has 0 atom stereocenters. The lowest BCUT2D eigenvalue weighted by Crippen LogP contribution is -2.14. The summed E-state index contributed by atoms with van der Waals surface area (Å²) in [7, 11) is 0. The molecule has 0 aliphatic rings. The molecular formula is C21H20N4O2. The van der Waals surface area contributed by atoms with Crippen LogP contribution in [0, 0.1) is 13.8 Å². The highest BCUT2D eigenvalue weighted by Gasteiger charge is 2.11. The molecule has 6 nitrogen and oxygen atoms in total. The molecule has 0 unspecified atom stereocenters. The minimum atomic E-state index is -0.373. The first-order chi connectivity index (χ1) is 12.9. The summed E-state index contributed by atoms with van der Waals surface area (Å²) in [6, 6.07) is 14.4. The summed E-state index contributed by atoms with van der Waals surface area (Å²) >= 11 is 0. The van der Waals surface area contributed by atoms with Crippen molar-refractivity contribution >= 4 is 28.9 Å². The monoisotopic (exact) mass is 360 g/mol. The standard InChI is InChI=1S/C21H20N4O2/c1-13-6-4-7-14(2)20(13)25-19-11-18(22-12-23-19)21(27)24-17-9-5-8-16(10-17)15(3)26/h4-12H,1-3H3,(H,24,27)(H,22,23,25). The Bertz CT molecular complexity index is 994. The first-order valence-corrected chi connectivity index (χ1v) is 8.51. The average Bonchev–Trinajstić information content (AvgIpc) is 2.65. The summed E-state index contributed by atoms with van der Waals surface area (Å²) in [6.45, 7) is 5.50. The van der Waals surface area contributed by atoms with Crippen LogP contribution >= 0.6 is 0 Å². The van der Waals surface area contributed by atoms with Crippen LogP contribution in [0.25, 0.3) is 0 Å². The molecule has 3 aromatic rings. The van der Waals surface area contributed by atoms with E-state index < -0.39 is 0 Å². The number of Topliss-reactive ketones (excluding diaryl/α,β-unsaturated/α-hetero) is 1. The van der Waals surface area contributed by atoms with Gasteiger partial charge in [-0.25, -0.2) is 9.97 Å². The van der Waals surface area contributed by atoms with Crippen molar-refractivity contribution in [1.29, 1.82) is 0 Å². The van der Waals surface area contributed by atoms with Crippen molar-refractivity contribution in [1.82, 2.24) is 9.97 Å². The molecule has 0 radical (unpaired) electrons. The molecule has 0 saturated carbocycles.